The van der Waals surface area contributed by atoms with Gasteiger partial charge in [0, 0.05) is 37.0 Å². The Labute approximate surface area is 90.3 Å². The summed E-state index contributed by atoms with van der Waals surface area (Å²) in [7, 11) is 0. The largest absolute Gasteiger partial charge is 0.396 e. The van der Waals surface area contributed by atoms with Gasteiger partial charge in [0.05, 0.1) is 3.79 Å². The van der Waals surface area contributed by atoms with E-state index >= 15 is 0 Å². The maximum atomic E-state index is 8.84. The van der Waals surface area contributed by atoms with Gasteiger partial charge in [-0.1, -0.05) is 0 Å². The normalized spacial score (nSPS) is 18.9. The molecule has 1 fully saturated rings. The van der Waals surface area contributed by atoms with E-state index in [1.54, 1.807) is 11.3 Å². The third-order valence-corrected chi connectivity index (χ3v) is 3.91. The Hall–Kier alpha value is 0.1000. The molecule has 4 heteroatoms. The monoisotopic (exact) mass is 261 g/mol. The van der Waals surface area contributed by atoms with E-state index in [1.165, 1.54) is 8.66 Å². The first kappa shape index (κ1) is 9.65. The van der Waals surface area contributed by atoms with Gasteiger partial charge < -0.3 is 5.11 Å². The van der Waals surface area contributed by atoms with E-state index in [9.17, 15) is 0 Å². The van der Waals surface area contributed by atoms with Gasteiger partial charge in [-0.25, -0.2) is 0 Å². The van der Waals surface area contributed by atoms with E-state index in [-0.39, 0.29) is 0 Å². The average molecular weight is 262 g/mol. The Bertz CT molecular complexity index is 283. The zero-order chi connectivity index (χ0) is 9.26. The van der Waals surface area contributed by atoms with Crippen LogP contribution in [0, 0.1) is 5.92 Å². The predicted octanol–water partition coefficient (Wildman–Crippen LogP) is 1.93. The van der Waals surface area contributed by atoms with Gasteiger partial charge in [0.1, 0.15) is 0 Å². The minimum absolute atomic E-state index is 0.338. The predicted molar refractivity (Wildman–Crippen MR) is 57.9 cm³/mol. The summed E-state index contributed by atoms with van der Waals surface area (Å²) in [4.78, 5) is 3.75. The van der Waals surface area contributed by atoms with Crippen LogP contribution in [0.5, 0.6) is 0 Å². The lowest BCUT2D eigenvalue weighted by Gasteiger charge is -2.37. The van der Waals surface area contributed by atoms with E-state index < -0.39 is 0 Å². The van der Waals surface area contributed by atoms with Crippen LogP contribution in [0.4, 0.5) is 0 Å². The first-order chi connectivity index (χ1) is 6.28. The summed E-state index contributed by atoms with van der Waals surface area (Å²) in [6.45, 7) is 3.47. The fraction of sp³-hybridized carbons (Fsp3) is 0.556. The van der Waals surface area contributed by atoms with Gasteiger partial charge in [0.15, 0.2) is 0 Å². The number of halogens is 1. The van der Waals surface area contributed by atoms with Crippen molar-refractivity contribution in [3.8, 4) is 0 Å². The van der Waals surface area contributed by atoms with Gasteiger partial charge in [-0.15, -0.1) is 11.3 Å². The van der Waals surface area contributed by atoms with Crippen LogP contribution in [0.2, 0.25) is 0 Å². The zero-order valence-electron chi connectivity index (χ0n) is 7.24. The second-order valence-corrected chi connectivity index (χ2v) is 6.00. The number of thiophene rings is 1. The van der Waals surface area contributed by atoms with Crippen LogP contribution >= 0.6 is 27.3 Å². The molecule has 0 bridgehead atoms. The van der Waals surface area contributed by atoms with Crippen molar-refractivity contribution < 1.29 is 5.11 Å². The summed E-state index contributed by atoms with van der Waals surface area (Å²) in [6.07, 6.45) is 0. The maximum absolute atomic E-state index is 8.84. The van der Waals surface area contributed by atoms with Crippen LogP contribution in [0.15, 0.2) is 15.9 Å². The van der Waals surface area contributed by atoms with Gasteiger partial charge in [-0.3, -0.25) is 4.90 Å². The molecule has 2 nitrogen and oxygen atoms in total. The van der Waals surface area contributed by atoms with Crippen LogP contribution in [-0.4, -0.2) is 29.7 Å². The maximum Gasteiger partial charge on any atom is 0.0701 e. The Morgan fingerprint density at radius 1 is 1.54 bits per heavy atom. The van der Waals surface area contributed by atoms with Crippen molar-refractivity contribution in [2.24, 2.45) is 5.92 Å². The highest BCUT2D eigenvalue weighted by atomic mass is 79.9. The molecule has 0 unspecified atom stereocenters. The molecule has 1 aliphatic rings. The van der Waals surface area contributed by atoms with Crippen LogP contribution < -0.4 is 0 Å². The number of likely N-dealkylation sites (tertiary alicyclic amines) is 1. The summed E-state index contributed by atoms with van der Waals surface area (Å²) in [5.41, 5.74) is 0. The Morgan fingerprint density at radius 3 is 2.85 bits per heavy atom. The van der Waals surface area contributed by atoms with Crippen molar-refractivity contribution in [1.82, 2.24) is 4.90 Å². The van der Waals surface area contributed by atoms with Crippen molar-refractivity contribution in [2.45, 2.75) is 6.54 Å². The summed E-state index contributed by atoms with van der Waals surface area (Å²) in [6, 6.07) is 4.24. The van der Waals surface area contributed by atoms with E-state index in [2.05, 4.69) is 33.0 Å². The van der Waals surface area contributed by atoms with Gasteiger partial charge in [-0.05, 0) is 28.1 Å². The molecule has 0 aromatic carbocycles. The van der Waals surface area contributed by atoms with Gasteiger partial charge in [0.25, 0.3) is 0 Å². The molecule has 1 N–H and O–H groups in total. The molecular weight excluding hydrogens is 250 g/mol. The lowest BCUT2D eigenvalue weighted by atomic mass is 10.0. The van der Waals surface area contributed by atoms with Crippen molar-refractivity contribution in [1.29, 1.82) is 0 Å². The summed E-state index contributed by atoms with van der Waals surface area (Å²) >= 11 is 5.23. The van der Waals surface area contributed by atoms with Gasteiger partial charge in [0.2, 0.25) is 0 Å². The van der Waals surface area contributed by atoms with Crippen molar-refractivity contribution in [3.63, 3.8) is 0 Å². The molecular formula is C9H12BrNOS. The fourth-order valence-corrected chi connectivity index (χ4v) is 3.10. The fourth-order valence-electron chi connectivity index (χ4n) is 1.58. The highest BCUT2D eigenvalue weighted by Crippen LogP contribution is 2.25. The van der Waals surface area contributed by atoms with Crippen molar-refractivity contribution >= 4 is 27.3 Å². The topological polar surface area (TPSA) is 23.5 Å². The first-order valence-electron chi connectivity index (χ1n) is 4.35. The highest BCUT2D eigenvalue weighted by molar-refractivity contribution is 9.11. The van der Waals surface area contributed by atoms with Crippen LogP contribution in [0.25, 0.3) is 0 Å². The number of hydrogen-bond donors (Lipinski definition) is 1. The minimum Gasteiger partial charge on any atom is -0.396 e. The summed E-state index contributed by atoms with van der Waals surface area (Å²) < 4.78 is 1.20. The molecule has 1 aromatic heterocycles. The third-order valence-electron chi connectivity index (χ3n) is 2.30. The molecule has 0 spiro atoms. The third kappa shape index (κ3) is 2.31. The molecule has 0 amide bonds. The number of aliphatic hydroxyl groups excluding tert-OH is 1. The smallest absolute Gasteiger partial charge is 0.0701 e. The number of aliphatic hydroxyl groups is 1. The molecule has 72 valence electrons. The number of rotatable bonds is 3. The molecule has 2 rings (SSSR count). The molecule has 0 aliphatic carbocycles. The molecule has 2 heterocycles. The van der Waals surface area contributed by atoms with Gasteiger partial charge >= 0.3 is 0 Å². The first-order valence-corrected chi connectivity index (χ1v) is 5.96. The minimum atomic E-state index is 0.338. The standard InChI is InChI=1S/C9H12BrNOS/c10-9-2-1-8(13-9)5-11-3-7(4-11)6-12/h1-2,7,12H,3-6H2. The average Bonchev–Trinajstić information content (AvgIpc) is 2.43. The number of hydrogen-bond acceptors (Lipinski definition) is 3. The molecule has 1 aromatic rings. The molecule has 0 radical (unpaired) electrons. The van der Waals surface area contributed by atoms with Crippen LogP contribution in [-0.2, 0) is 6.54 Å². The van der Waals surface area contributed by atoms with Crippen LogP contribution in [0.1, 0.15) is 4.88 Å². The lowest BCUT2D eigenvalue weighted by Crippen LogP contribution is -2.47. The Morgan fingerprint density at radius 2 is 2.31 bits per heavy atom. The zero-order valence-corrected chi connectivity index (χ0v) is 9.64. The highest BCUT2D eigenvalue weighted by Gasteiger charge is 2.25. The molecule has 13 heavy (non-hydrogen) atoms. The quantitative estimate of drug-likeness (QED) is 0.899. The van der Waals surface area contributed by atoms with E-state index in [0.717, 1.165) is 19.6 Å². The molecule has 1 saturated heterocycles. The van der Waals surface area contributed by atoms with E-state index in [0.29, 0.717) is 12.5 Å². The van der Waals surface area contributed by atoms with Gasteiger partial charge in [-0.2, -0.15) is 0 Å². The Balaban J connectivity index is 1.81. The Kier molecular flexibility index (Phi) is 3.03. The summed E-state index contributed by atoms with van der Waals surface area (Å²) in [5.74, 6) is 0.517. The SMILES string of the molecule is OCC1CN(Cc2ccc(Br)s2)C1. The molecule has 0 saturated carbocycles. The van der Waals surface area contributed by atoms with E-state index in [1.807, 2.05) is 0 Å². The number of nitrogens with zero attached hydrogens (tertiary/aromatic N) is 1. The van der Waals surface area contributed by atoms with Crippen LogP contribution in [0.3, 0.4) is 0 Å². The van der Waals surface area contributed by atoms with Crippen molar-refractivity contribution in [2.75, 3.05) is 19.7 Å². The molecule has 0 atom stereocenters. The van der Waals surface area contributed by atoms with E-state index in [4.69, 9.17) is 5.11 Å². The molecule has 1 aliphatic heterocycles. The second-order valence-electron chi connectivity index (χ2n) is 3.45. The van der Waals surface area contributed by atoms with Crippen molar-refractivity contribution in [3.05, 3.63) is 20.8 Å². The summed E-state index contributed by atoms with van der Waals surface area (Å²) in [5, 5.41) is 8.84. The lowest BCUT2D eigenvalue weighted by molar-refractivity contribution is 0.0487. The second kappa shape index (κ2) is 4.09.